The molecule has 5 heteroatoms. The molecule has 1 fully saturated rings. The number of hydrogen-bond donors (Lipinski definition) is 0. The Kier molecular flexibility index (Phi) is 5.53. The van der Waals surface area contributed by atoms with Gasteiger partial charge in [-0.25, -0.2) is 4.90 Å². The number of hydrogen-bond acceptors (Lipinski definition) is 3. The predicted octanol–water partition coefficient (Wildman–Crippen LogP) is 4.03. The van der Waals surface area contributed by atoms with Crippen molar-refractivity contribution in [1.82, 2.24) is 0 Å². The molecule has 24 heavy (non-hydrogen) atoms. The first-order chi connectivity index (χ1) is 11.1. The molecule has 0 radical (unpaired) electrons. The van der Waals surface area contributed by atoms with E-state index in [0.717, 1.165) is 13.7 Å². The largest absolute Gasteiger partial charge is 0.274 e. The maximum atomic E-state index is 12.3. The minimum atomic E-state index is -0.237. The fraction of sp³-hybridized carbons (Fsp3) is 0.579. The van der Waals surface area contributed by atoms with E-state index >= 15 is 0 Å². The van der Waals surface area contributed by atoms with Crippen molar-refractivity contribution < 1.29 is 9.59 Å². The molecule has 0 aromatic heterocycles. The van der Waals surface area contributed by atoms with Gasteiger partial charge in [-0.1, -0.05) is 52.0 Å². The number of benzene rings is 1. The smallest absolute Gasteiger partial charge is 0.247 e. The molecule has 1 heterocycles. The van der Waals surface area contributed by atoms with Gasteiger partial charge in [-0.05, 0) is 35.8 Å². The maximum Gasteiger partial charge on any atom is 0.247 e. The molecule has 130 valence electrons. The summed E-state index contributed by atoms with van der Waals surface area (Å²) in [6.45, 7) is 11.3. The number of amides is 2. The quantitative estimate of drug-likeness (QED) is 0.577. The Hall–Kier alpha value is -1.23. The zero-order valence-electron chi connectivity index (χ0n) is 15.7. The zero-order valence-corrected chi connectivity index (χ0v) is 16.5. The van der Waals surface area contributed by atoms with Crippen molar-refractivity contribution in [2.24, 2.45) is 0 Å². The van der Waals surface area contributed by atoms with E-state index in [4.69, 9.17) is 0 Å². The number of thioether (sulfide) groups is 1. The van der Waals surface area contributed by atoms with Gasteiger partial charge in [-0.2, -0.15) is 11.8 Å². The van der Waals surface area contributed by atoms with Gasteiger partial charge in [-0.3, -0.25) is 9.59 Å². The van der Waals surface area contributed by atoms with E-state index in [1.54, 1.807) is 0 Å². The molecule has 2 rings (SSSR count). The summed E-state index contributed by atoms with van der Waals surface area (Å²) in [5, 5.41) is 0.0493. The number of imide groups is 1. The Morgan fingerprint density at radius 2 is 1.75 bits per heavy atom. The van der Waals surface area contributed by atoms with Crippen LogP contribution in [0.15, 0.2) is 24.3 Å². The van der Waals surface area contributed by atoms with E-state index in [0.29, 0.717) is 12.1 Å². The van der Waals surface area contributed by atoms with E-state index in [-0.39, 0.29) is 27.8 Å². The average Bonchev–Trinajstić information content (AvgIpc) is 2.80. The van der Waals surface area contributed by atoms with Crippen LogP contribution in [0.25, 0.3) is 0 Å². The van der Waals surface area contributed by atoms with Gasteiger partial charge >= 0.3 is 0 Å². The zero-order chi connectivity index (χ0) is 18.1. The van der Waals surface area contributed by atoms with Crippen molar-refractivity contribution in [3.63, 3.8) is 0 Å². The van der Waals surface area contributed by atoms with Crippen LogP contribution in [-0.2, 0) is 15.0 Å². The highest BCUT2D eigenvalue weighted by Crippen LogP contribution is 2.41. The molecule has 1 aromatic rings. The van der Waals surface area contributed by atoms with Crippen LogP contribution < -0.4 is 4.90 Å². The van der Waals surface area contributed by atoms with E-state index < -0.39 is 0 Å². The second-order valence-corrected chi connectivity index (χ2v) is 9.16. The van der Waals surface area contributed by atoms with Gasteiger partial charge in [0, 0.05) is 6.42 Å². The van der Waals surface area contributed by atoms with Gasteiger partial charge in [-0.15, -0.1) is 0 Å². The summed E-state index contributed by atoms with van der Waals surface area (Å²) in [5.41, 5.74) is 1.99. The molecular formula is C19H28BNO2S. The van der Waals surface area contributed by atoms with Gasteiger partial charge in [0.15, 0.2) is 0 Å². The molecule has 1 unspecified atom stereocenters. The lowest BCUT2D eigenvalue weighted by Gasteiger charge is -2.34. The molecule has 1 aliphatic heterocycles. The highest BCUT2D eigenvalue weighted by molar-refractivity contribution is 8.00. The van der Waals surface area contributed by atoms with Gasteiger partial charge in [0.25, 0.3) is 0 Å². The lowest BCUT2D eigenvalue weighted by atomic mass is 9.51. The Morgan fingerprint density at radius 3 is 2.21 bits per heavy atom. The molecule has 2 amide bonds. The third kappa shape index (κ3) is 3.88. The Morgan fingerprint density at radius 1 is 1.17 bits per heavy atom. The fourth-order valence-corrected chi connectivity index (χ4v) is 4.16. The second-order valence-electron chi connectivity index (χ2n) is 8.12. The molecule has 0 spiro atoms. The van der Waals surface area contributed by atoms with Crippen molar-refractivity contribution in [2.45, 2.75) is 63.3 Å². The van der Waals surface area contributed by atoms with Crippen LogP contribution in [0, 0.1) is 0 Å². The van der Waals surface area contributed by atoms with Crippen LogP contribution in [-0.4, -0.2) is 30.6 Å². The lowest BCUT2D eigenvalue weighted by Crippen LogP contribution is -2.31. The number of carbonyl (C=O) groups is 2. The van der Waals surface area contributed by atoms with E-state index in [1.807, 2.05) is 18.4 Å². The highest BCUT2D eigenvalue weighted by Gasteiger charge is 2.39. The molecular weight excluding hydrogens is 317 g/mol. The average molecular weight is 345 g/mol. The van der Waals surface area contributed by atoms with Crippen LogP contribution in [0.5, 0.6) is 0 Å². The number of carbonyl (C=O) groups excluding carboxylic acids is 2. The topological polar surface area (TPSA) is 37.4 Å². The summed E-state index contributed by atoms with van der Waals surface area (Å²) in [4.78, 5) is 25.8. The normalized spacial score (nSPS) is 19.1. The molecule has 1 atom stereocenters. The Bertz CT molecular complexity index is 625. The fourth-order valence-electron chi connectivity index (χ4n) is 3.54. The van der Waals surface area contributed by atoms with Crippen molar-refractivity contribution in [1.29, 1.82) is 0 Å². The molecule has 1 aromatic carbocycles. The standard InChI is InChI=1S/C19H28BNO2S/c1-18(2,12-19(3,4)20-5)13-7-9-14(10-8-13)21-16(22)11-15(24-6)17(21)23/h7-10,15,20H,11-12H2,1-6H3. The number of rotatable bonds is 6. The van der Waals surface area contributed by atoms with Crippen LogP contribution in [0.3, 0.4) is 0 Å². The van der Waals surface area contributed by atoms with Gasteiger partial charge in [0.05, 0.1) is 10.9 Å². The maximum absolute atomic E-state index is 12.3. The van der Waals surface area contributed by atoms with E-state index in [1.165, 1.54) is 22.2 Å². The molecule has 0 saturated carbocycles. The predicted molar refractivity (Wildman–Crippen MR) is 106 cm³/mol. The molecule has 0 aliphatic carbocycles. The highest BCUT2D eigenvalue weighted by atomic mass is 32.2. The first-order valence-corrected chi connectivity index (χ1v) is 9.90. The molecule has 0 bridgehead atoms. The van der Waals surface area contributed by atoms with Crippen molar-refractivity contribution >= 4 is 36.5 Å². The first kappa shape index (κ1) is 19.1. The Balaban J connectivity index is 2.22. The number of anilines is 1. The third-order valence-electron chi connectivity index (χ3n) is 5.17. The summed E-state index contributed by atoms with van der Waals surface area (Å²) in [6, 6.07) is 7.95. The molecule has 1 aliphatic rings. The van der Waals surface area contributed by atoms with Crippen LogP contribution in [0.2, 0.25) is 12.1 Å². The lowest BCUT2D eigenvalue weighted by molar-refractivity contribution is -0.121. The molecule has 0 N–H and O–H groups in total. The monoisotopic (exact) mass is 345 g/mol. The van der Waals surface area contributed by atoms with Gasteiger partial charge in [0.2, 0.25) is 11.8 Å². The molecule has 3 nitrogen and oxygen atoms in total. The summed E-state index contributed by atoms with van der Waals surface area (Å²) in [7, 11) is 1.14. The molecule has 1 saturated heterocycles. The van der Waals surface area contributed by atoms with Crippen LogP contribution in [0.1, 0.15) is 46.1 Å². The van der Waals surface area contributed by atoms with Crippen LogP contribution in [0.4, 0.5) is 5.69 Å². The second kappa shape index (κ2) is 6.95. The van der Waals surface area contributed by atoms with Gasteiger partial charge < -0.3 is 0 Å². The third-order valence-corrected chi connectivity index (χ3v) is 6.11. The van der Waals surface area contributed by atoms with Gasteiger partial charge in [0.1, 0.15) is 7.28 Å². The summed E-state index contributed by atoms with van der Waals surface area (Å²) in [6.07, 6.45) is 3.27. The minimum Gasteiger partial charge on any atom is -0.274 e. The van der Waals surface area contributed by atoms with Crippen molar-refractivity contribution in [3.05, 3.63) is 29.8 Å². The van der Waals surface area contributed by atoms with E-state index in [2.05, 4.69) is 46.7 Å². The van der Waals surface area contributed by atoms with Crippen molar-refractivity contribution in [3.8, 4) is 0 Å². The number of nitrogens with zero attached hydrogens (tertiary/aromatic N) is 1. The summed E-state index contributed by atoms with van der Waals surface area (Å²) >= 11 is 1.45. The first-order valence-electron chi connectivity index (χ1n) is 8.61. The minimum absolute atomic E-state index is 0.0544. The summed E-state index contributed by atoms with van der Waals surface area (Å²) in [5.74, 6) is -0.190. The summed E-state index contributed by atoms with van der Waals surface area (Å²) < 4.78 is 0. The van der Waals surface area contributed by atoms with Crippen LogP contribution >= 0.6 is 11.8 Å². The Labute approximate surface area is 150 Å². The van der Waals surface area contributed by atoms with E-state index in [9.17, 15) is 9.59 Å². The SMILES string of the molecule is CBC(C)(C)CC(C)(C)c1ccc(N2C(=O)CC(SC)C2=O)cc1. The van der Waals surface area contributed by atoms with Crippen molar-refractivity contribution in [2.75, 3.05) is 11.2 Å².